The molecule has 4 aromatic rings. The van der Waals surface area contributed by atoms with Crippen molar-refractivity contribution in [2.45, 2.75) is 41.0 Å². The van der Waals surface area contributed by atoms with Crippen molar-refractivity contribution in [2.24, 2.45) is 0 Å². The first kappa shape index (κ1) is 26.7. The molecule has 2 N–H and O–H groups in total. The maximum absolute atomic E-state index is 13.5. The predicted octanol–water partition coefficient (Wildman–Crippen LogP) is 6.66. The van der Waals surface area contributed by atoms with Crippen molar-refractivity contribution in [1.82, 2.24) is 14.7 Å². The van der Waals surface area contributed by atoms with Gasteiger partial charge < -0.3 is 15.5 Å². The monoisotopic (exact) mass is 509 g/mol. The fraction of sp³-hybridized carbons (Fsp3) is 0.258. The molecule has 0 aliphatic rings. The summed E-state index contributed by atoms with van der Waals surface area (Å²) in [5, 5.41) is 10.9. The van der Waals surface area contributed by atoms with Crippen LogP contribution in [0.1, 0.15) is 35.7 Å². The lowest BCUT2D eigenvalue weighted by atomic mass is 10.1. The average Bonchev–Trinajstić information content (AvgIpc) is 3.22. The highest BCUT2D eigenvalue weighted by Gasteiger charge is 2.23. The number of carbonyl (C=O) groups is 2. The van der Waals surface area contributed by atoms with Crippen molar-refractivity contribution in [3.63, 3.8) is 0 Å². The Balaban J connectivity index is 1.64. The molecule has 0 unspecified atom stereocenters. The molecule has 0 saturated carbocycles. The number of urea groups is 1. The number of hydrogen-bond donors (Lipinski definition) is 2. The van der Waals surface area contributed by atoms with E-state index < -0.39 is 0 Å². The lowest BCUT2D eigenvalue weighted by molar-refractivity contribution is -0.116. The summed E-state index contributed by atoms with van der Waals surface area (Å²) in [6.07, 6.45) is 0.725. The Morgan fingerprint density at radius 3 is 2.24 bits per heavy atom. The van der Waals surface area contributed by atoms with E-state index in [9.17, 15) is 9.59 Å². The summed E-state index contributed by atoms with van der Waals surface area (Å²) < 4.78 is 1.78. The molecule has 0 aliphatic heterocycles. The molecule has 0 spiro atoms. The van der Waals surface area contributed by atoms with Gasteiger partial charge in [-0.25, -0.2) is 9.48 Å². The number of nitrogens with zero attached hydrogens (tertiary/aromatic N) is 3. The van der Waals surface area contributed by atoms with E-state index in [-0.39, 0.29) is 18.5 Å². The second-order valence-electron chi connectivity index (χ2n) is 9.52. The Bertz CT molecular complexity index is 1440. The van der Waals surface area contributed by atoms with Gasteiger partial charge in [-0.05, 0) is 68.5 Å². The highest BCUT2D eigenvalue weighted by atomic mass is 16.2. The van der Waals surface area contributed by atoms with Gasteiger partial charge >= 0.3 is 6.03 Å². The number of para-hydroxylation sites is 1. The SMILES string of the molecule is CCCN(CC(=O)Nc1c(-c2ccccc2)c(C)nn1-c1ccccc1C)C(=O)Nc1cccc(C)c1C. The van der Waals surface area contributed by atoms with Gasteiger partial charge in [-0.15, -0.1) is 0 Å². The van der Waals surface area contributed by atoms with Gasteiger partial charge in [0.15, 0.2) is 0 Å². The number of rotatable bonds is 8. The van der Waals surface area contributed by atoms with Crippen LogP contribution in [0, 0.1) is 27.7 Å². The average molecular weight is 510 g/mol. The van der Waals surface area contributed by atoms with Crippen molar-refractivity contribution in [2.75, 3.05) is 23.7 Å². The summed E-state index contributed by atoms with van der Waals surface area (Å²) in [5.74, 6) is 0.292. The molecule has 7 nitrogen and oxygen atoms in total. The number of anilines is 2. The molecule has 1 aromatic heterocycles. The van der Waals surface area contributed by atoms with Crippen LogP contribution >= 0.6 is 0 Å². The maximum atomic E-state index is 13.5. The zero-order chi connectivity index (χ0) is 27.2. The van der Waals surface area contributed by atoms with Crippen LogP contribution in [0.3, 0.4) is 0 Å². The van der Waals surface area contributed by atoms with Gasteiger partial charge in [0.05, 0.1) is 11.4 Å². The van der Waals surface area contributed by atoms with Gasteiger partial charge in [-0.2, -0.15) is 5.10 Å². The standard InChI is InChI=1S/C31H35N5O2/c1-6-19-35(31(38)32-26-17-12-14-21(2)23(26)4)20-28(37)33-30-29(25-15-8-7-9-16-25)24(5)34-36(30)27-18-11-10-13-22(27)3/h7-18H,6,19-20H2,1-5H3,(H,32,38)(H,33,37). The lowest BCUT2D eigenvalue weighted by Gasteiger charge is -2.23. The van der Waals surface area contributed by atoms with Crippen molar-refractivity contribution in [1.29, 1.82) is 0 Å². The summed E-state index contributed by atoms with van der Waals surface area (Å²) in [4.78, 5) is 28.2. The largest absolute Gasteiger partial charge is 0.322 e. The van der Waals surface area contributed by atoms with Crippen LogP contribution in [0.25, 0.3) is 16.8 Å². The first-order chi connectivity index (χ1) is 18.3. The summed E-state index contributed by atoms with van der Waals surface area (Å²) in [6, 6.07) is 23.3. The summed E-state index contributed by atoms with van der Waals surface area (Å²) in [5.41, 5.74) is 7.37. The normalized spacial score (nSPS) is 10.8. The minimum Gasteiger partial charge on any atom is -0.315 e. The van der Waals surface area contributed by atoms with Gasteiger partial charge in [-0.3, -0.25) is 4.79 Å². The minimum absolute atomic E-state index is 0.0865. The molecule has 0 atom stereocenters. The van der Waals surface area contributed by atoms with Crippen LogP contribution in [0.2, 0.25) is 0 Å². The molecular formula is C31H35N5O2. The van der Waals surface area contributed by atoms with E-state index in [1.165, 1.54) is 0 Å². The second kappa shape index (κ2) is 11.8. The van der Waals surface area contributed by atoms with E-state index in [4.69, 9.17) is 5.10 Å². The van der Waals surface area contributed by atoms with Crippen molar-refractivity contribution < 1.29 is 9.59 Å². The first-order valence-electron chi connectivity index (χ1n) is 12.9. The molecule has 0 bridgehead atoms. The first-order valence-corrected chi connectivity index (χ1v) is 12.9. The number of hydrogen-bond acceptors (Lipinski definition) is 3. The van der Waals surface area contributed by atoms with Gasteiger partial charge in [0, 0.05) is 17.8 Å². The van der Waals surface area contributed by atoms with Crippen LogP contribution in [0.15, 0.2) is 72.8 Å². The van der Waals surface area contributed by atoms with Crippen molar-refractivity contribution in [3.05, 3.63) is 95.2 Å². The fourth-order valence-corrected chi connectivity index (χ4v) is 4.52. The van der Waals surface area contributed by atoms with Crippen molar-refractivity contribution >= 4 is 23.4 Å². The molecule has 3 aromatic carbocycles. The van der Waals surface area contributed by atoms with Crippen LogP contribution in [0.5, 0.6) is 0 Å². The maximum Gasteiger partial charge on any atom is 0.322 e. The van der Waals surface area contributed by atoms with Crippen LogP contribution in [-0.2, 0) is 4.79 Å². The van der Waals surface area contributed by atoms with Crippen molar-refractivity contribution in [3.8, 4) is 16.8 Å². The molecule has 38 heavy (non-hydrogen) atoms. The summed E-state index contributed by atoms with van der Waals surface area (Å²) in [7, 11) is 0. The number of aryl methyl sites for hydroxylation is 3. The number of nitrogens with one attached hydrogen (secondary N) is 2. The smallest absolute Gasteiger partial charge is 0.315 e. The van der Waals surface area contributed by atoms with Gasteiger partial charge in [0.1, 0.15) is 12.4 Å². The Labute approximate surface area is 224 Å². The Kier molecular flexibility index (Phi) is 8.26. The van der Waals surface area contributed by atoms with Gasteiger partial charge in [-0.1, -0.05) is 67.6 Å². The molecule has 1 heterocycles. The molecule has 0 fully saturated rings. The van der Waals surface area contributed by atoms with Gasteiger partial charge in [0.25, 0.3) is 0 Å². The third kappa shape index (κ3) is 5.78. The quantitative estimate of drug-likeness (QED) is 0.279. The third-order valence-corrected chi connectivity index (χ3v) is 6.69. The Hall–Kier alpha value is -4.39. The molecule has 7 heteroatoms. The van der Waals surface area contributed by atoms with E-state index in [2.05, 4.69) is 10.6 Å². The molecule has 0 aliphatic carbocycles. The Morgan fingerprint density at radius 1 is 0.842 bits per heavy atom. The highest BCUT2D eigenvalue weighted by molar-refractivity contribution is 5.99. The molecule has 0 saturated heterocycles. The van der Waals surface area contributed by atoms with E-state index in [1.807, 2.05) is 107 Å². The molecule has 3 amide bonds. The lowest BCUT2D eigenvalue weighted by Crippen LogP contribution is -2.41. The van der Waals surface area contributed by atoms with Gasteiger partial charge in [0.2, 0.25) is 5.91 Å². The summed E-state index contributed by atoms with van der Waals surface area (Å²) >= 11 is 0. The number of benzene rings is 3. The molecule has 4 rings (SSSR count). The van der Waals surface area contributed by atoms with Crippen LogP contribution in [0.4, 0.5) is 16.3 Å². The van der Waals surface area contributed by atoms with E-state index in [1.54, 1.807) is 9.58 Å². The Morgan fingerprint density at radius 2 is 1.53 bits per heavy atom. The summed E-state index contributed by atoms with van der Waals surface area (Å²) in [6.45, 7) is 10.3. The number of amides is 3. The third-order valence-electron chi connectivity index (χ3n) is 6.69. The van der Waals surface area contributed by atoms with E-state index in [0.717, 1.165) is 51.3 Å². The molecule has 0 radical (unpaired) electrons. The van der Waals surface area contributed by atoms with Crippen LogP contribution in [-0.4, -0.2) is 39.7 Å². The molecule has 196 valence electrons. The predicted molar refractivity (Wildman–Crippen MR) is 154 cm³/mol. The topological polar surface area (TPSA) is 79.3 Å². The fourth-order valence-electron chi connectivity index (χ4n) is 4.52. The van der Waals surface area contributed by atoms with Crippen LogP contribution < -0.4 is 10.6 Å². The zero-order valence-electron chi connectivity index (χ0n) is 22.7. The molecular weight excluding hydrogens is 474 g/mol. The number of aromatic nitrogens is 2. The minimum atomic E-state index is -0.303. The second-order valence-corrected chi connectivity index (χ2v) is 9.52. The van der Waals surface area contributed by atoms with E-state index in [0.29, 0.717) is 12.4 Å². The zero-order valence-corrected chi connectivity index (χ0v) is 22.7. The van der Waals surface area contributed by atoms with E-state index >= 15 is 0 Å². The number of carbonyl (C=O) groups excluding carboxylic acids is 2. The highest BCUT2D eigenvalue weighted by Crippen LogP contribution is 2.34.